The topological polar surface area (TPSA) is 131 Å². The lowest BCUT2D eigenvalue weighted by molar-refractivity contribution is -0.137. The number of ether oxygens (including phenoxy) is 1. The molecule has 0 aromatic carbocycles. The lowest BCUT2D eigenvalue weighted by Crippen LogP contribution is -2.37. The Morgan fingerprint density at radius 1 is 1.18 bits per heavy atom. The summed E-state index contributed by atoms with van der Waals surface area (Å²) < 4.78 is 5.44. The zero-order valence-electron chi connectivity index (χ0n) is 15.5. The number of carboxylic acid groups (broad SMARTS) is 1. The van der Waals surface area contributed by atoms with Gasteiger partial charge in [0.05, 0.1) is 18.9 Å². The fourth-order valence-corrected chi connectivity index (χ4v) is 3.55. The first-order valence-electron chi connectivity index (χ1n) is 9.40. The van der Waals surface area contributed by atoms with Crippen LogP contribution in [0.2, 0.25) is 0 Å². The second kappa shape index (κ2) is 7.93. The molecule has 0 amide bonds. The molecule has 4 rings (SSSR count). The Morgan fingerprint density at radius 3 is 2.64 bits per heavy atom. The maximum atomic E-state index is 10.9. The molecule has 0 unspecified atom stereocenters. The largest absolute Gasteiger partial charge is 0.481 e. The van der Waals surface area contributed by atoms with Gasteiger partial charge in [-0.1, -0.05) is 0 Å². The normalized spacial score (nSPS) is 16.3. The molecule has 0 spiro atoms. The van der Waals surface area contributed by atoms with Crippen LogP contribution >= 0.6 is 0 Å². The molecule has 0 atom stereocenters. The molecule has 10 heteroatoms. The molecule has 28 heavy (non-hydrogen) atoms. The van der Waals surface area contributed by atoms with E-state index in [1.54, 1.807) is 12.4 Å². The molecule has 4 heterocycles. The van der Waals surface area contributed by atoms with E-state index in [-0.39, 0.29) is 12.4 Å². The summed E-state index contributed by atoms with van der Waals surface area (Å²) in [5.41, 5.74) is 8.29. The molecule has 1 saturated heterocycles. The Hall–Kier alpha value is -3.01. The average molecular weight is 385 g/mol. The van der Waals surface area contributed by atoms with Crippen LogP contribution in [-0.2, 0) is 16.0 Å². The van der Waals surface area contributed by atoms with Gasteiger partial charge in [-0.3, -0.25) is 4.79 Å². The number of hydrogen-bond acceptors (Lipinski definition) is 9. The summed E-state index contributed by atoms with van der Waals surface area (Å²) in [6.45, 7) is 4.19. The second-order valence-corrected chi connectivity index (χ2v) is 6.84. The van der Waals surface area contributed by atoms with Gasteiger partial charge in [0, 0.05) is 56.1 Å². The van der Waals surface area contributed by atoms with Gasteiger partial charge in [-0.15, -0.1) is 0 Å². The predicted molar refractivity (Wildman–Crippen MR) is 103 cm³/mol. The maximum absolute atomic E-state index is 10.9. The number of nitrogens with zero attached hydrogens (tertiary/aromatic N) is 6. The van der Waals surface area contributed by atoms with Gasteiger partial charge in [-0.05, 0) is 12.8 Å². The van der Waals surface area contributed by atoms with Crippen molar-refractivity contribution in [3.8, 4) is 11.3 Å². The number of hydrogen-bond donors (Lipinski definition) is 2. The minimum Gasteiger partial charge on any atom is -0.481 e. The third-order valence-electron chi connectivity index (χ3n) is 4.96. The lowest BCUT2D eigenvalue weighted by atomic mass is 10.1. The van der Waals surface area contributed by atoms with Gasteiger partial charge >= 0.3 is 5.97 Å². The number of nitrogen functional groups attached to an aromatic ring is 1. The molecule has 148 valence electrons. The van der Waals surface area contributed by atoms with E-state index in [0.717, 1.165) is 48.7 Å². The van der Waals surface area contributed by atoms with Crippen molar-refractivity contribution in [2.75, 3.05) is 54.9 Å². The number of aromatic nitrogens is 4. The smallest absolute Gasteiger partial charge is 0.303 e. The second-order valence-electron chi connectivity index (χ2n) is 6.84. The van der Waals surface area contributed by atoms with Gasteiger partial charge in [-0.2, -0.15) is 4.98 Å². The van der Waals surface area contributed by atoms with Gasteiger partial charge in [0.25, 0.3) is 0 Å². The van der Waals surface area contributed by atoms with Crippen molar-refractivity contribution >= 4 is 23.7 Å². The van der Waals surface area contributed by atoms with Crippen molar-refractivity contribution in [1.29, 1.82) is 0 Å². The van der Waals surface area contributed by atoms with Gasteiger partial charge < -0.3 is 25.4 Å². The van der Waals surface area contributed by atoms with E-state index in [1.807, 2.05) is 0 Å². The summed E-state index contributed by atoms with van der Waals surface area (Å²) in [7, 11) is 0. The van der Waals surface area contributed by atoms with Crippen LogP contribution in [0, 0.1) is 0 Å². The maximum Gasteiger partial charge on any atom is 0.303 e. The number of fused-ring (bicyclic) bond motifs is 1. The van der Waals surface area contributed by atoms with E-state index >= 15 is 0 Å². The number of rotatable bonds is 6. The molecule has 2 aliphatic rings. The van der Waals surface area contributed by atoms with Crippen molar-refractivity contribution in [1.82, 2.24) is 19.9 Å². The molecule has 10 nitrogen and oxygen atoms in total. The van der Waals surface area contributed by atoms with Crippen molar-refractivity contribution in [3.05, 3.63) is 18.0 Å². The third kappa shape index (κ3) is 3.81. The van der Waals surface area contributed by atoms with Crippen LogP contribution < -0.4 is 15.5 Å². The molecular weight excluding hydrogens is 362 g/mol. The highest BCUT2D eigenvalue weighted by Gasteiger charge is 2.28. The standard InChI is InChI=1S/C18H23N7O3/c19-17-20-10-12(11-21-17)15-13-3-5-24(4-1-2-14(26)27)16(13)23-18(22-15)25-6-8-28-9-7-25/h10-11H,1-9H2,(H,26,27)(H2,19,20,21). The Bertz CT molecular complexity index is 853. The number of nitrogens with two attached hydrogens (primary N) is 1. The number of anilines is 3. The first-order valence-corrected chi connectivity index (χ1v) is 9.40. The summed E-state index contributed by atoms with van der Waals surface area (Å²) in [6, 6.07) is 0. The number of aliphatic carboxylic acids is 1. The molecule has 0 radical (unpaired) electrons. The summed E-state index contributed by atoms with van der Waals surface area (Å²) in [6.07, 6.45) is 4.88. The fraction of sp³-hybridized carbons (Fsp3) is 0.500. The Morgan fingerprint density at radius 2 is 1.93 bits per heavy atom. The fourth-order valence-electron chi connectivity index (χ4n) is 3.55. The Balaban J connectivity index is 1.70. The molecule has 0 bridgehead atoms. The quantitative estimate of drug-likeness (QED) is 0.728. The lowest BCUT2D eigenvalue weighted by Gasteiger charge is -2.28. The van der Waals surface area contributed by atoms with Crippen LogP contribution in [0.4, 0.5) is 17.7 Å². The first kappa shape index (κ1) is 18.4. The Kier molecular flexibility index (Phi) is 5.20. The van der Waals surface area contributed by atoms with Crippen molar-refractivity contribution in [2.45, 2.75) is 19.3 Å². The van der Waals surface area contributed by atoms with Crippen molar-refractivity contribution in [2.24, 2.45) is 0 Å². The average Bonchev–Trinajstić information content (AvgIpc) is 3.11. The zero-order chi connectivity index (χ0) is 19.5. The summed E-state index contributed by atoms with van der Waals surface area (Å²) >= 11 is 0. The van der Waals surface area contributed by atoms with Crippen LogP contribution in [0.5, 0.6) is 0 Å². The van der Waals surface area contributed by atoms with Crippen molar-refractivity contribution < 1.29 is 14.6 Å². The SMILES string of the molecule is Nc1ncc(-c2nc(N3CCOCC3)nc3c2CCN3CCCC(=O)O)cn1. The summed E-state index contributed by atoms with van der Waals surface area (Å²) in [4.78, 5) is 33.0. The number of carbonyl (C=O) groups is 1. The molecule has 0 saturated carbocycles. The monoisotopic (exact) mass is 385 g/mol. The van der Waals surface area contributed by atoms with Gasteiger partial charge in [0.1, 0.15) is 5.82 Å². The number of carboxylic acids is 1. The molecule has 2 aliphatic heterocycles. The van der Waals surface area contributed by atoms with Crippen LogP contribution in [0.15, 0.2) is 12.4 Å². The highest BCUT2D eigenvalue weighted by Crippen LogP contribution is 2.35. The van der Waals surface area contributed by atoms with E-state index in [2.05, 4.69) is 19.8 Å². The van der Waals surface area contributed by atoms with Gasteiger partial charge in [0.15, 0.2) is 0 Å². The van der Waals surface area contributed by atoms with Crippen LogP contribution in [0.25, 0.3) is 11.3 Å². The molecule has 2 aromatic rings. The molecular formula is C18H23N7O3. The predicted octanol–water partition coefficient (Wildman–Crippen LogP) is 0.580. The summed E-state index contributed by atoms with van der Waals surface area (Å²) in [5.74, 6) is 0.960. The van der Waals surface area contributed by atoms with E-state index in [0.29, 0.717) is 32.1 Å². The third-order valence-corrected chi connectivity index (χ3v) is 4.96. The van der Waals surface area contributed by atoms with Gasteiger partial charge in [0.2, 0.25) is 11.9 Å². The first-order chi connectivity index (χ1) is 13.6. The molecule has 3 N–H and O–H groups in total. The van der Waals surface area contributed by atoms with E-state index < -0.39 is 5.97 Å². The highest BCUT2D eigenvalue weighted by atomic mass is 16.5. The van der Waals surface area contributed by atoms with Crippen LogP contribution in [0.3, 0.4) is 0 Å². The Labute approximate surface area is 162 Å². The van der Waals surface area contributed by atoms with E-state index in [1.165, 1.54) is 0 Å². The van der Waals surface area contributed by atoms with E-state index in [4.69, 9.17) is 25.5 Å². The minimum absolute atomic E-state index is 0.145. The molecule has 1 fully saturated rings. The zero-order valence-corrected chi connectivity index (χ0v) is 15.5. The summed E-state index contributed by atoms with van der Waals surface area (Å²) in [5, 5.41) is 8.93. The molecule has 2 aromatic heterocycles. The number of morpholine rings is 1. The van der Waals surface area contributed by atoms with Crippen LogP contribution in [-0.4, -0.2) is 70.4 Å². The van der Waals surface area contributed by atoms with E-state index in [9.17, 15) is 4.79 Å². The minimum atomic E-state index is -0.782. The molecule has 0 aliphatic carbocycles. The van der Waals surface area contributed by atoms with Crippen molar-refractivity contribution in [3.63, 3.8) is 0 Å². The van der Waals surface area contributed by atoms with Gasteiger partial charge in [-0.25, -0.2) is 15.0 Å². The highest BCUT2D eigenvalue weighted by molar-refractivity contribution is 5.72. The van der Waals surface area contributed by atoms with Crippen LogP contribution in [0.1, 0.15) is 18.4 Å².